The van der Waals surface area contributed by atoms with Gasteiger partial charge >= 0.3 is 0 Å². The number of carbonyl (C=O) groups is 1. The van der Waals surface area contributed by atoms with E-state index in [9.17, 15) is 4.79 Å². The average molecular weight is 434 g/mol. The number of aromatic nitrogens is 4. The van der Waals surface area contributed by atoms with Gasteiger partial charge in [-0.3, -0.25) is 9.36 Å². The minimum absolute atomic E-state index is 0.126. The molecule has 2 heterocycles. The minimum Gasteiger partial charge on any atom is -0.447 e. The van der Waals surface area contributed by atoms with Crippen molar-refractivity contribution in [3.63, 3.8) is 0 Å². The van der Waals surface area contributed by atoms with Crippen molar-refractivity contribution in [3.05, 3.63) is 89.4 Å². The summed E-state index contributed by atoms with van der Waals surface area (Å²) in [6, 6.07) is 17.8. The number of hydrogen-bond acceptors (Lipinski definition) is 6. The molecule has 7 nitrogen and oxygen atoms in total. The van der Waals surface area contributed by atoms with E-state index in [1.54, 1.807) is 0 Å². The quantitative estimate of drug-likeness (QED) is 0.427. The molecule has 31 heavy (non-hydrogen) atoms. The zero-order valence-electron chi connectivity index (χ0n) is 17.6. The molecule has 0 radical (unpaired) electrons. The first kappa shape index (κ1) is 20.9. The number of aryl methyl sites for hydroxylation is 2. The lowest BCUT2D eigenvalue weighted by Gasteiger charge is -2.12. The first-order valence-corrected chi connectivity index (χ1v) is 10.9. The Balaban J connectivity index is 1.41. The van der Waals surface area contributed by atoms with Crippen molar-refractivity contribution in [2.45, 2.75) is 37.7 Å². The van der Waals surface area contributed by atoms with Crippen LogP contribution in [0.2, 0.25) is 0 Å². The Bertz CT molecular complexity index is 1170. The highest BCUT2D eigenvalue weighted by atomic mass is 32.2. The van der Waals surface area contributed by atoms with Gasteiger partial charge in [0.1, 0.15) is 12.1 Å². The fraction of sp³-hybridized carbons (Fsp3) is 0.217. The Morgan fingerprint density at radius 3 is 2.58 bits per heavy atom. The van der Waals surface area contributed by atoms with Crippen molar-refractivity contribution in [1.82, 2.24) is 25.1 Å². The summed E-state index contributed by atoms with van der Waals surface area (Å²) in [7, 11) is 0. The van der Waals surface area contributed by atoms with E-state index in [-0.39, 0.29) is 17.6 Å². The van der Waals surface area contributed by atoms with E-state index in [0.717, 1.165) is 22.2 Å². The number of rotatable bonds is 7. The molecule has 0 fully saturated rings. The third-order valence-corrected chi connectivity index (χ3v) is 5.76. The molecule has 8 heteroatoms. The highest BCUT2D eigenvalue weighted by molar-refractivity contribution is 7.98. The van der Waals surface area contributed by atoms with Gasteiger partial charge in [0.05, 0.1) is 11.8 Å². The van der Waals surface area contributed by atoms with Gasteiger partial charge in [0.25, 0.3) is 5.91 Å². The zero-order valence-corrected chi connectivity index (χ0v) is 18.4. The van der Waals surface area contributed by atoms with Gasteiger partial charge in [0.15, 0.2) is 10.9 Å². The second-order valence-electron chi connectivity index (χ2n) is 7.22. The zero-order chi connectivity index (χ0) is 21.8. The lowest BCUT2D eigenvalue weighted by Crippen LogP contribution is -2.26. The standard InChI is InChI=1S/C23H23N5O2S/c1-15-9-11-19(12-10-15)28-17(3)26-27-23(28)31-14-21-25-20(13-30-21)22(29)24-16(2)18-7-5-4-6-8-18/h4-13,16H,14H2,1-3H3,(H,24,29). The van der Waals surface area contributed by atoms with Crippen LogP contribution in [0.1, 0.15) is 46.3 Å². The van der Waals surface area contributed by atoms with E-state index >= 15 is 0 Å². The van der Waals surface area contributed by atoms with Gasteiger partial charge < -0.3 is 9.73 Å². The van der Waals surface area contributed by atoms with Gasteiger partial charge in [-0.25, -0.2) is 4.98 Å². The maximum absolute atomic E-state index is 12.5. The normalized spacial score (nSPS) is 12.0. The van der Waals surface area contributed by atoms with E-state index in [0.29, 0.717) is 11.6 Å². The molecule has 1 unspecified atom stereocenters. The van der Waals surface area contributed by atoms with Gasteiger partial charge in [-0.2, -0.15) is 0 Å². The molecular weight excluding hydrogens is 410 g/mol. The van der Waals surface area contributed by atoms with E-state index in [1.807, 2.05) is 60.9 Å². The van der Waals surface area contributed by atoms with Crippen LogP contribution >= 0.6 is 11.8 Å². The molecule has 2 aromatic heterocycles. The molecule has 4 aromatic rings. The number of amides is 1. The third-order valence-electron chi connectivity index (χ3n) is 4.84. The lowest BCUT2D eigenvalue weighted by molar-refractivity contribution is 0.0935. The topological polar surface area (TPSA) is 85.8 Å². The van der Waals surface area contributed by atoms with Crippen LogP contribution in [0.4, 0.5) is 0 Å². The maximum atomic E-state index is 12.5. The molecule has 0 aliphatic heterocycles. The highest BCUT2D eigenvalue weighted by Crippen LogP contribution is 2.25. The molecule has 158 valence electrons. The van der Waals surface area contributed by atoms with Gasteiger partial charge in [0.2, 0.25) is 5.89 Å². The highest BCUT2D eigenvalue weighted by Gasteiger charge is 2.17. The molecule has 0 aliphatic carbocycles. The molecule has 1 N–H and O–H groups in total. The van der Waals surface area contributed by atoms with Crippen molar-refractivity contribution in [3.8, 4) is 5.69 Å². The van der Waals surface area contributed by atoms with Crippen LogP contribution in [0.3, 0.4) is 0 Å². The molecule has 0 saturated carbocycles. The fourth-order valence-corrected chi connectivity index (χ4v) is 3.98. The van der Waals surface area contributed by atoms with Crippen LogP contribution in [0, 0.1) is 13.8 Å². The summed E-state index contributed by atoms with van der Waals surface area (Å²) < 4.78 is 7.50. The Kier molecular flexibility index (Phi) is 6.18. The largest absolute Gasteiger partial charge is 0.447 e. The molecule has 1 amide bonds. The average Bonchev–Trinajstić information content (AvgIpc) is 3.40. The monoisotopic (exact) mass is 433 g/mol. The van der Waals surface area contributed by atoms with E-state index in [1.165, 1.54) is 23.6 Å². The lowest BCUT2D eigenvalue weighted by atomic mass is 10.1. The second-order valence-corrected chi connectivity index (χ2v) is 8.16. The molecule has 1 atom stereocenters. The molecule has 0 saturated heterocycles. The van der Waals surface area contributed by atoms with Gasteiger partial charge in [-0.15, -0.1) is 10.2 Å². The van der Waals surface area contributed by atoms with E-state index in [4.69, 9.17) is 4.42 Å². The predicted octanol–water partition coefficient (Wildman–Crippen LogP) is 4.66. The number of nitrogens with one attached hydrogen (secondary N) is 1. The fourth-order valence-electron chi connectivity index (χ4n) is 3.13. The molecule has 0 aliphatic rings. The number of oxazole rings is 1. The van der Waals surface area contributed by atoms with Crippen molar-refractivity contribution >= 4 is 17.7 Å². The minimum atomic E-state index is -0.269. The van der Waals surface area contributed by atoms with Crippen molar-refractivity contribution in [2.24, 2.45) is 0 Å². The van der Waals surface area contributed by atoms with Crippen LogP contribution < -0.4 is 5.32 Å². The third kappa shape index (κ3) is 4.86. The Morgan fingerprint density at radius 2 is 1.84 bits per heavy atom. The predicted molar refractivity (Wildman–Crippen MR) is 119 cm³/mol. The van der Waals surface area contributed by atoms with Crippen molar-refractivity contribution < 1.29 is 9.21 Å². The summed E-state index contributed by atoms with van der Waals surface area (Å²) >= 11 is 1.46. The molecule has 4 rings (SSSR count). The molecule has 0 bridgehead atoms. The van der Waals surface area contributed by atoms with Gasteiger partial charge in [0, 0.05) is 5.69 Å². The number of thioether (sulfide) groups is 1. The summed E-state index contributed by atoms with van der Waals surface area (Å²) in [5.41, 5.74) is 3.48. The van der Waals surface area contributed by atoms with E-state index in [2.05, 4.69) is 39.6 Å². The number of carbonyl (C=O) groups excluding carboxylic acids is 1. The van der Waals surface area contributed by atoms with Gasteiger partial charge in [-0.05, 0) is 38.5 Å². The van der Waals surface area contributed by atoms with Crippen LogP contribution in [0.5, 0.6) is 0 Å². The Hall–Kier alpha value is -3.39. The molecule has 2 aromatic carbocycles. The van der Waals surface area contributed by atoms with Gasteiger partial charge in [-0.1, -0.05) is 59.8 Å². The maximum Gasteiger partial charge on any atom is 0.273 e. The smallest absolute Gasteiger partial charge is 0.273 e. The summed E-state index contributed by atoms with van der Waals surface area (Å²) in [4.78, 5) is 16.9. The van der Waals surface area contributed by atoms with Crippen LogP contribution in [-0.2, 0) is 5.75 Å². The first-order valence-electron chi connectivity index (χ1n) is 9.93. The van der Waals surface area contributed by atoms with E-state index < -0.39 is 0 Å². The number of nitrogens with zero attached hydrogens (tertiary/aromatic N) is 4. The summed E-state index contributed by atoms with van der Waals surface area (Å²) in [5, 5.41) is 12.2. The Morgan fingerprint density at radius 1 is 1.10 bits per heavy atom. The second kappa shape index (κ2) is 9.18. The first-order chi connectivity index (χ1) is 15.0. The van der Waals surface area contributed by atoms with Crippen molar-refractivity contribution in [1.29, 1.82) is 0 Å². The SMILES string of the molecule is Cc1ccc(-n2c(C)nnc2SCc2nc(C(=O)NC(C)c3ccccc3)co2)cc1. The molecule has 0 spiro atoms. The summed E-state index contributed by atoms with van der Waals surface area (Å²) in [5.74, 6) is 1.42. The number of benzene rings is 2. The van der Waals surface area contributed by atoms with Crippen LogP contribution in [-0.4, -0.2) is 25.7 Å². The van der Waals surface area contributed by atoms with Crippen molar-refractivity contribution in [2.75, 3.05) is 0 Å². The summed E-state index contributed by atoms with van der Waals surface area (Å²) in [6.45, 7) is 5.90. The molecular formula is C23H23N5O2S. The Labute approximate surface area is 184 Å². The number of hydrogen-bond donors (Lipinski definition) is 1. The van der Waals surface area contributed by atoms with Crippen LogP contribution in [0.25, 0.3) is 5.69 Å². The van der Waals surface area contributed by atoms with Crippen LogP contribution in [0.15, 0.2) is 70.4 Å². The summed E-state index contributed by atoms with van der Waals surface area (Å²) in [6.07, 6.45) is 1.39.